The van der Waals surface area contributed by atoms with Crippen LogP contribution in [0.2, 0.25) is 0 Å². The number of carbonyl (C=O) groups is 1. The van der Waals surface area contributed by atoms with Gasteiger partial charge in [-0.2, -0.15) is 0 Å². The third kappa shape index (κ3) is 3.05. The molecular formula is C11H7N3O4S. The summed E-state index contributed by atoms with van der Waals surface area (Å²) in [4.78, 5) is 28.8. The van der Waals surface area contributed by atoms with Gasteiger partial charge in [0.15, 0.2) is 5.03 Å². The molecule has 0 aliphatic heterocycles. The zero-order chi connectivity index (χ0) is 13.8. The monoisotopic (exact) mass is 277 g/mol. The maximum absolute atomic E-state index is 10.8. The Morgan fingerprint density at radius 2 is 2.11 bits per heavy atom. The van der Waals surface area contributed by atoms with Gasteiger partial charge in [-0.05, 0) is 30.0 Å². The first-order chi connectivity index (χ1) is 9.08. The van der Waals surface area contributed by atoms with Crippen LogP contribution in [0.3, 0.4) is 0 Å². The van der Waals surface area contributed by atoms with Gasteiger partial charge in [0.05, 0.1) is 10.5 Å². The molecule has 0 spiro atoms. The van der Waals surface area contributed by atoms with Crippen molar-refractivity contribution in [2.45, 2.75) is 10.1 Å². The fourth-order valence-corrected chi connectivity index (χ4v) is 2.07. The lowest BCUT2D eigenvalue weighted by Crippen LogP contribution is -1.97. The number of hydrogen-bond acceptors (Lipinski definition) is 6. The minimum absolute atomic E-state index is 0.0554. The van der Waals surface area contributed by atoms with Crippen LogP contribution in [0.4, 0.5) is 5.69 Å². The molecule has 2 heterocycles. The molecule has 96 valence electrons. The zero-order valence-electron chi connectivity index (χ0n) is 9.39. The molecule has 2 aromatic rings. The number of nitro groups is 1. The molecule has 0 atom stereocenters. The Bertz CT molecular complexity index is 630. The van der Waals surface area contributed by atoms with Crippen LogP contribution in [0, 0.1) is 10.1 Å². The Hall–Kier alpha value is -2.48. The summed E-state index contributed by atoms with van der Waals surface area (Å²) in [5.41, 5.74) is -0.0588. The van der Waals surface area contributed by atoms with E-state index in [2.05, 4.69) is 9.97 Å². The summed E-state index contributed by atoms with van der Waals surface area (Å²) in [5.74, 6) is -1.08. The molecule has 7 nitrogen and oxygen atoms in total. The number of hydrogen-bond donors (Lipinski definition) is 1. The molecule has 0 aromatic carbocycles. The maximum Gasteiger partial charge on any atom is 0.337 e. The number of carboxylic acids is 1. The molecule has 1 N–H and O–H groups in total. The van der Waals surface area contributed by atoms with Gasteiger partial charge in [-0.3, -0.25) is 10.1 Å². The highest BCUT2D eigenvalue weighted by molar-refractivity contribution is 7.99. The van der Waals surface area contributed by atoms with Crippen molar-refractivity contribution in [2.75, 3.05) is 0 Å². The molecule has 19 heavy (non-hydrogen) atoms. The number of pyridine rings is 2. The van der Waals surface area contributed by atoms with Crippen LogP contribution >= 0.6 is 11.8 Å². The van der Waals surface area contributed by atoms with E-state index < -0.39 is 10.9 Å². The molecule has 0 aliphatic rings. The van der Waals surface area contributed by atoms with Crippen molar-refractivity contribution in [1.82, 2.24) is 9.97 Å². The Morgan fingerprint density at radius 3 is 2.68 bits per heavy atom. The second-order valence-electron chi connectivity index (χ2n) is 3.38. The molecule has 2 aromatic heterocycles. The molecule has 2 rings (SSSR count). The van der Waals surface area contributed by atoms with Gasteiger partial charge in [-0.15, -0.1) is 0 Å². The second kappa shape index (κ2) is 5.44. The molecule has 0 saturated heterocycles. The fourth-order valence-electron chi connectivity index (χ4n) is 1.27. The van der Waals surface area contributed by atoms with Crippen LogP contribution in [-0.2, 0) is 0 Å². The van der Waals surface area contributed by atoms with E-state index in [1.54, 1.807) is 0 Å². The summed E-state index contributed by atoms with van der Waals surface area (Å²) in [6.07, 6.45) is 2.64. The number of nitrogens with zero attached hydrogens (tertiary/aromatic N) is 3. The molecule has 0 amide bonds. The van der Waals surface area contributed by atoms with Gasteiger partial charge in [0.1, 0.15) is 5.03 Å². The van der Waals surface area contributed by atoms with Gasteiger partial charge >= 0.3 is 11.7 Å². The second-order valence-corrected chi connectivity index (χ2v) is 4.39. The minimum Gasteiger partial charge on any atom is -0.478 e. The summed E-state index contributed by atoms with van der Waals surface area (Å²) >= 11 is 1.01. The summed E-state index contributed by atoms with van der Waals surface area (Å²) in [7, 11) is 0. The third-order valence-corrected chi connectivity index (χ3v) is 3.09. The van der Waals surface area contributed by atoms with Gasteiger partial charge in [-0.1, -0.05) is 0 Å². The Labute approximate surface area is 111 Å². The molecule has 0 radical (unpaired) electrons. The lowest BCUT2D eigenvalue weighted by Gasteiger charge is -2.01. The van der Waals surface area contributed by atoms with Gasteiger partial charge in [0, 0.05) is 18.5 Å². The highest BCUT2D eigenvalue weighted by atomic mass is 32.2. The topological polar surface area (TPSA) is 106 Å². The average molecular weight is 277 g/mol. The quantitative estimate of drug-likeness (QED) is 0.674. The molecule has 0 aliphatic carbocycles. The molecule has 0 fully saturated rings. The third-order valence-electron chi connectivity index (χ3n) is 2.13. The maximum atomic E-state index is 10.8. The van der Waals surface area contributed by atoms with E-state index in [1.165, 1.54) is 36.7 Å². The average Bonchev–Trinajstić information content (AvgIpc) is 2.39. The van der Waals surface area contributed by atoms with E-state index in [0.717, 1.165) is 11.8 Å². The van der Waals surface area contributed by atoms with Crippen LogP contribution in [0.1, 0.15) is 10.4 Å². The summed E-state index contributed by atoms with van der Waals surface area (Å²) in [6.45, 7) is 0. The van der Waals surface area contributed by atoms with Gasteiger partial charge in [0.2, 0.25) is 0 Å². The highest BCUT2D eigenvalue weighted by Crippen LogP contribution is 2.31. The Morgan fingerprint density at radius 1 is 1.32 bits per heavy atom. The Balaban J connectivity index is 2.26. The molecule has 0 unspecified atom stereocenters. The van der Waals surface area contributed by atoms with Crippen LogP contribution < -0.4 is 0 Å². The van der Waals surface area contributed by atoms with E-state index in [0.29, 0.717) is 5.03 Å². The van der Waals surface area contributed by atoms with Crippen molar-refractivity contribution >= 4 is 23.4 Å². The normalized spacial score (nSPS) is 10.1. The Kier molecular flexibility index (Phi) is 3.71. The van der Waals surface area contributed by atoms with Crippen molar-refractivity contribution in [3.63, 3.8) is 0 Å². The predicted octanol–water partition coefficient (Wildman–Crippen LogP) is 2.23. The first-order valence-electron chi connectivity index (χ1n) is 5.04. The number of aromatic nitrogens is 2. The van der Waals surface area contributed by atoms with Crippen molar-refractivity contribution in [2.24, 2.45) is 0 Å². The van der Waals surface area contributed by atoms with Crippen LogP contribution in [-0.4, -0.2) is 26.0 Å². The molecule has 0 bridgehead atoms. The first-order valence-corrected chi connectivity index (χ1v) is 5.86. The molecular weight excluding hydrogens is 270 g/mol. The number of rotatable bonds is 4. The standard InChI is InChI=1S/C11H7N3O4S/c15-11(16)7-3-4-9(13-6-7)19-10-8(14(17)18)2-1-5-12-10/h1-6H,(H,15,16). The van der Waals surface area contributed by atoms with E-state index in [-0.39, 0.29) is 16.3 Å². The fraction of sp³-hybridized carbons (Fsp3) is 0. The smallest absolute Gasteiger partial charge is 0.337 e. The van der Waals surface area contributed by atoms with E-state index in [1.807, 2.05) is 0 Å². The largest absolute Gasteiger partial charge is 0.478 e. The van der Waals surface area contributed by atoms with E-state index in [4.69, 9.17) is 5.11 Å². The minimum atomic E-state index is -1.08. The van der Waals surface area contributed by atoms with Gasteiger partial charge < -0.3 is 5.11 Å². The first kappa shape index (κ1) is 13.0. The number of carboxylic acid groups (broad SMARTS) is 1. The number of aromatic carboxylic acids is 1. The van der Waals surface area contributed by atoms with Crippen molar-refractivity contribution in [3.8, 4) is 0 Å². The lowest BCUT2D eigenvalue weighted by molar-refractivity contribution is -0.388. The lowest BCUT2D eigenvalue weighted by atomic mass is 10.3. The SMILES string of the molecule is O=C(O)c1ccc(Sc2ncccc2[N+](=O)[O-])nc1. The van der Waals surface area contributed by atoms with Crippen LogP contribution in [0.25, 0.3) is 0 Å². The zero-order valence-corrected chi connectivity index (χ0v) is 10.2. The van der Waals surface area contributed by atoms with E-state index >= 15 is 0 Å². The van der Waals surface area contributed by atoms with Crippen molar-refractivity contribution < 1.29 is 14.8 Å². The summed E-state index contributed by atoms with van der Waals surface area (Å²) in [5, 5.41) is 20.2. The van der Waals surface area contributed by atoms with Crippen LogP contribution in [0.15, 0.2) is 46.7 Å². The molecule has 8 heteroatoms. The predicted molar refractivity (Wildman–Crippen MR) is 66.2 cm³/mol. The van der Waals surface area contributed by atoms with Gasteiger partial charge in [0.25, 0.3) is 0 Å². The van der Waals surface area contributed by atoms with Gasteiger partial charge in [-0.25, -0.2) is 14.8 Å². The van der Waals surface area contributed by atoms with Crippen LogP contribution in [0.5, 0.6) is 0 Å². The van der Waals surface area contributed by atoms with Crippen molar-refractivity contribution in [1.29, 1.82) is 0 Å². The summed E-state index contributed by atoms with van der Waals surface area (Å²) in [6, 6.07) is 5.68. The molecule has 0 saturated carbocycles. The van der Waals surface area contributed by atoms with E-state index in [9.17, 15) is 14.9 Å². The van der Waals surface area contributed by atoms with Crippen molar-refractivity contribution in [3.05, 3.63) is 52.3 Å². The highest BCUT2D eigenvalue weighted by Gasteiger charge is 2.16. The summed E-state index contributed by atoms with van der Waals surface area (Å²) < 4.78 is 0.